The number of amides is 1. The highest BCUT2D eigenvalue weighted by Gasteiger charge is 2.35. The highest BCUT2D eigenvalue weighted by atomic mass is 32.2. The number of rotatable bonds is 7. The zero-order valence-electron chi connectivity index (χ0n) is 20.0. The summed E-state index contributed by atoms with van der Waals surface area (Å²) in [6.45, 7) is 7.45. The topological polar surface area (TPSA) is 83.0 Å². The molecule has 3 heterocycles. The number of hydrogen-bond donors (Lipinski definition) is 1. The first kappa shape index (κ1) is 23.1. The third kappa shape index (κ3) is 4.79. The fourth-order valence-corrected chi connectivity index (χ4v) is 5.19. The lowest BCUT2D eigenvalue weighted by Crippen LogP contribution is -2.35. The second-order valence-electron chi connectivity index (χ2n) is 9.07. The fourth-order valence-electron chi connectivity index (χ4n) is 4.09. The number of hydrazone groups is 1. The molecular weight excluding hydrogens is 458 g/mol. The average molecular weight is 486 g/mol. The van der Waals surface area contributed by atoms with Crippen LogP contribution in [0.5, 0.6) is 5.75 Å². The van der Waals surface area contributed by atoms with Gasteiger partial charge in [-0.3, -0.25) is 10.2 Å². The molecule has 2 aliphatic rings. The molecule has 1 aromatic heterocycles. The van der Waals surface area contributed by atoms with E-state index in [1.54, 1.807) is 6.08 Å². The van der Waals surface area contributed by atoms with Gasteiger partial charge >= 0.3 is 0 Å². The molecular formula is C27H27N5O2S. The van der Waals surface area contributed by atoms with Gasteiger partial charge in [0.25, 0.3) is 5.91 Å². The number of aromatic nitrogens is 1. The Morgan fingerprint density at radius 2 is 1.91 bits per heavy atom. The van der Waals surface area contributed by atoms with Crippen LogP contribution in [0.4, 0.5) is 0 Å². The minimum Gasteiger partial charge on any atom is -0.492 e. The first-order chi connectivity index (χ1) is 16.9. The number of carbonyl (C=O) groups is 1. The third-order valence-corrected chi connectivity index (χ3v) is 6.75. The molecule has 0 radical (unpaired) electrons. The summed E-state index contributed by atoms with van der Waals surface area (Å²) in [5.41, 5.74) is 3.34. The van der Waals surface area contributed by atoms with Crippen molar-refractivity contribution >= 4 is 50.7 Å². The van der Waals surface area contributed by atoms with Crippen molar-refractivity contribution in [2.24, 2.45) is 16.0 Å². The molecule has 1 N–H and O–H groups in total. The van der Waals surface area contributed by atoms with Gasteiger partial charge in [-0.25, -0.2) is 0 Å². The Morgan fingerprint density at radius 1 is 1.14 bits per heavy atom. The maximum absolute atomic E-state index is 12.9. The van der Waals surface area contributed by atoms with Gasteiger partial charge < -0.3 is 9.30 Å². The van der Waals surface area contributed by atoms with Gasteiger partial charge in [0.2, 0.25) is 5.17 Å². The molecule has 0 bridgehead atoms. The molecule has 1 amide bonds. The number of nitrogens with one attached hydrogen (secondary N) is 1. The van der Waals surface area contributed by atoms with E-state index in [9.17, 15) is 4.79 Å². The van der Waals surface area contributed by atoms with Gasteiger partial charge in [-0.2, -0.15) is 15.1 Å². The zero-order valence-corrected chi connectivity index (χ0v) is 20.8. The molecule has 0 unspecified atom stereocenters. The van der Waals surface area contributed by atoms with E-state index in [0.29, 0.717) is 24.2 Å². The number of carbonyl (C=O) groups excluding carboxylic acids is 1. The molecule has 35 heavy (non-hydrogen) atoms. The maximum Gasteiger partial charge on any atom is 0.283 e. The van der Waals surface area contributed by atoms with E-state index in [1.165, 1.54) is 22.3 Å². The number of ether oxygens (including phenoxy) is 1. The molecule has 0 fully saturated rings. The van der Waals surface area contributed by atoms with Crippen LogP contribution in [0.1, 0.15) is 31.4 Å². The maximum atomic E-state index is 12.9. The van der Waals surface area contributed by atoms with Crippen LogP contribution in [0.25, 0.3) is 17.0 Å². The van der Waals surface area contributed by atoms with Crippen molar-refractivity contribution in [3.8, 4) is 5.75 Å². The minimum atomic E-state index is -0.408. The number of thioether (sulfide) groups is 1. The Bertz CT molecular complexity index is 1400. The molecule has 8 heteroatoms. The predicted molar refractivity (Wildman–Crippen MR) is 143 cm³/mol. The molecule has 178 valence electrons. The third-order valence-electron chi connectivity index (χ3n) is 5.82. The monoisotopic (exact) mass is 485 g/mol. The first-order valence-corrected chi connectivity index (χ1v) is 12.5. The predicted octanol–water partition coefficient (Wildman–Crippen LogP) is 5.69. The van der Waals surface area contributed by atoms with Crippen molar-refractivity contribution in [2.75, 3.05) is 6.61 Å². The minimum absolute atomic E-state index is 0.0609. The Kier molecular flexibility index (Phi) is 6.30. The molecule has 2 aromatic carbocycles. The Labute approximate surface area is 208 Å². The van der Waals surface area contributed by atoms with Gasteiger partial charge in [-0.15, -0.1) is 0 Å². The lowest BCUT2D eigenvalue weighted by atomic mass is 10.1. The standard InChI is InChI=1S/C27H27N5O2S/c1-17(2)14-24-30-32-25(28)22(26(33)29-27(32)35-24)15-19-16-31(23-7-5-4-6-21(19)23)12-13-34-20-10-8-18(3)9-11-20/h4-11,15-17,28H,12-14H2,1-3H3/b22-15-,28-25?. The number of amidine groups is 2. The summed E-state index contributed by atoms with van der Waals surface area (Å²) >= 11 is 1.37. The first-order valence-electron chi connectivity index (χ1n) is 11.7. The zero-order chi connectivity index (χ0) is 24.5. The summed E-state index contributed by atoms with van der Waals surface area (Å²) in [6, 6.07) is 16.0. The number of fused-ring (bicyclic) bond motifs is 2. The SMILES string of the molecule is Cc1ccc(OCCn2cc(/C=C3/C(=N)N4N=C(CC(C)C)SC4=NC3=O)c3ccccc32)cc1. The Balaban J connectivity index is 1.40. The van der Waals surface area contributed by atoms with E-state index in [2.05, 4.69) is 28.5 Å². The summed E-state index contributed by atoms with van der Waals surface area (Å²) in [4.78, 5) is 17.1. The van der Waals surface area contributed by atoms with E-state index in [4.69, 9.17) is 10.1 Å². The van der Waals surface area contributed by atoms with Gasteiger partial charge in [0, 0.05) is 29.1 Å². The molecule has 0 spiro atoms. The smallest absolute Gasteiger partial charge is 0.283 e. The van der Waals surface area contributed by atoms with Crippen LogP contribution in [-0.2, 0) is 11.3 Å². The summed E-state index contributed by atoms with van der Waals surface area (Å²) < 4.78 is 8.04. The molecule has 7 nitrogen and oxygen atoms in total. The van der Waals surface area contributed by atoms with Crippen molar-refractivity contribution in [3.63, 3.8) is 0 Å². The number of hydrogen-bond acceptors (Lipinski definition) is 5. The number of para-hydroxylation sites is 1. The van der Waals surface area contributed by atoms with E-state index in [0.717, 1.165) is 33.7 Å². The second kappa shape index (κ2) is 9.54. The molecule has 0 aliphatic carbocycles. The molecule has 5 rings (SSSR count). The Hall–Kier alpha value is -3.65. The van der Waals surface area contributed by atoms with Crippen LogP contribution in [0.3, 0.4) is 0 Å². The number of nitrogens with zero attached hydrogens (tertiary/aromatic N) is 4. The van der Waals surface area contributed by atoms with Crippen LogP contribution in [0.15, 0.2) is 70.4 Å². The molecule has 0 saturated heterocycles. The van der Waals surface area contributed by atoms with Gasteiger partial charge in [0.1, 0.15) is 17.4 Å². The summed E-state index contributed by atoms with van der Waals surface area (Å²) in [6.07, 6.45) is 4.55. The number of aliphatic imine (C=N–C) groups is 1. The summed E-state index contributed by atoms with van der Waals surface area (Å²) in [7, 11) is 0. The van der Waals surface area contributed by atoms with Crippen LogP contribution >= 0.6 is 11.8 Å². The quantitative estimate of drug-likeness (QED) is 0.436. The van der Waals surface area contributed by atoms with E-state index in [-0.39, 0.29) is 11.4 Å². The molecule has 3 aromatic rings. The number of aryl methyl sites for hydroxylation is 1. The molecule has 0 atom stereocenters. The van der Waals surface area contributed by atoms with Gasteiger partial charge in [-0.05, 0) is 48.9 Å². The number of benzene rings is 2. The van der Waals surface area contributed by atoms with Crippen LogP contribution in [0.2, 0.25) is 0 Å². The average Bonchev–Trinajstić information content (AvgIpc) is 3.38. The van der Waals surface area contributed by atoms with Crippen molar-refractivity contribution < 1.29 is 9.53 Å². The van der Waals surface area contributed by atoms with Crippen LogP contribution in [0, 0.1) is 18.3 Å². The highest BCUT2D eigenvalue weighted by molar-refractivity contribution is 8.26. The lowest BCUT2D eigenvalue weighted by molar-refractivity contribution is -0.114. The van der Waals surface area contributed by atoms with Crippen molar-refractivity contribution in [1.82, 2.24) is 9.58 Å². The fraction of sp³-hybridized carbons (Fsp3) is 0.259. The van der Waals surface area contributed by atoms with E-state index in [1.807, 2.05) is 61.7 Å². The summed E-state index contributed by atoms with van der Waals surface area (Å²) in [5.74, 6) is 0.925. The van der Waals surface area contributed by atoms with Crippen molar-refractivity contribution in [1.29, 1.82) is 5.41 Å². The lowest BCUT2D eigenvalue weighted by Gasteiger charge is -2.20. The van der Waals surface area contributed by atoms with Gasteiger partial charge in [0.05, 0.1) is 12.1 Å². The molecule has 0 saturated carbocycles. The van der Waals surface area contributed by atoms with E-state index < -0.39 is 5.91 Å². The normalized spacial score (nSPS) is 16.8. The van der Waals surface area contributed by atoms with E-state index >= 15 is 0 Å². The van der Waals surface area contributed by atoms with Gasteiger partial charge in [0.15, 0.2) is 5.84 Å². The van der Waals surface area contributed by atoms with Gasteiger partial charge in [-0.1, -0.05) is 49.7 Å². The largest absolute Gasteiger partial charge is 0.492 e. The van der Waals surface area contributed by atoms with Crippen LogP contribution < -0.4 is 4.74 Å². The highest BCUT2D eigenvalue weighted by Crippen LogP contribution is 2.31. The Morgan fingerprint density at radius 3 is 2.69 bits per heavy atom. The van der Waals surface area contributed by atoms with Crippen LogP contribution in [-0.4, -0.2) is 38.1 Å². The summed E-state index contributed by atoms with van der Waals surface area (Å²) in [5, 5.41) is 17.0. The van der Waals surface area contributed by atoms with Crippen molar-refractivity contribution in [2.45, 2.75) is 33.7 Å². The second-order valence-corrected chi connectivity index (χ2v) is 10.1. The molecule has 2 aliphatic heterocycles. The van der Waals surface area contributed by atoms with Crippen molar-refractivity contribution in [3.05, 3.63) is 71.4 Å².